The lowest BCUT2D eigenvalue weighted by Gasteiger charge is -2.15. The van der Waals surface area contributed by atoms with Crippen molar-refractivity contribution >= 4 is 34.8 Å². The number of hydrogen-bond acceptors (Lipinski definition) is 2. The molecule has 0 aromatic heterocycles. The molecule has 0 unspecified atom stereocenters. The summed E-state index contributed by atoms with van der Waals surface area (Å²) in [7, 11) is 0. The molecule has 0 radical (unpaired) electrons. The lowest BCUT2D eigenvalue weighted by atomic mass is 10.0. The highest BCUT2D eigenvalue weighted by Gasteiger charge is 2.15. The van der Waals surface area contributed by atoms with E-state index in [0.717, 1.165) is 0 Å². The van der Waals surface area contributed by atoms with E-state index in [0.29, 0.717) is 33.6 Å². The number of benzene rings is 1. The van der Waals surface area contributed by atoms with E-state index in [2.05, 4.69) is 0 Å². The standard InChI is InChI=1S/C9H11Cl3N2/c10-5-1-2-6(11)9(12)8(5)7(14)3-4-13/h1-2,7H,3-4,13-14H2/t7-/m1/s1. The Morgan fingerprint density at radius 3 is 2.29 bits per heavy atom. The molecule has 0 saturated heterocycles. The maximum absolute atomic E-state index is 5.99. The van der Waals surface area contributed by atoms with Crippen LogP contribution in [0.3, 0.4) is 0 Å². The minimum Gasteiger partial charge on any atom is -0.330 e. The first-order chi connectivity index (χ1) is 6.57. The van der Waals surface area contributed by atoms with Gasteiger partial charge in [-0.05, 0) is 25.1 Å². The molecule has 0 saturated carbocycles. The maximum atomic E-state index is 5.99. The molecule has 78 valence electrons. The Hall–Kier alpha value is 0.01000. The summed E-state index contributed by atoms with van der Waals surface area (Å²) in [6, 6.07) is 3.06. The molecule has 0 aliphatic carbocycles. The molecule has 0 fully saturated rings. The topological polar surface area (TPSA) is 52.0 Å². The average Bonchev–Trinajstić information content (AvgIpc) is 2.13. The van der Waals surface area contributed by atoms with Gasteiger partial charge >= 0.3 is 0 Å². The van der Waals surface area contributed by atoms with Gasteiger partial charge in [0.05, 0.1) is 10.0 Å². The van der Waals surface area contributed by atoms with Crippen LogP contribution in [0.2, 0.25) is 15.1 Å². The van der Waals surface area contributed by atoms with Gasteiger partial charge in [0, 0.05) is 16.6 Å². The molecule has 0 bridgehead atoms. The highest BCUT2D eigenvalue weighted by atomic mass is 35.5. The predicted molar refractivity (Wildman–Crippen MR) is 62.1 cm³/mol. The number of nitrogens with two attached hydrogens (primary N) is 2. The lowest BCUT2D eigenvalue weighted by Crippen LogP contribution is -2.16. The molecule has 0 heterocycles. The summed E-state index contributed by atoms with van der Waals surface area (Å²) < 4.78 is 0. The van der Waals surface area contributed by atoms with E-state index >= 15 is 0 Å². The lowest BCUT2D eigenvalue weighted by molar-refractivity contribution is 0.662. The Labute approximate surface area is 98.1 Å². The maximum Gasteiger partial charge on any atom is 0.0654 e. The minimum absolute atomic E-state index is 0.265. The van der Waals surface area contributed by atoms with Gasteiger partial charge in [0.15, 0.2) is 0 Å². The first-order valence-corrected chi connectivity index (χ1v) is 5.30. The van der Waals surface area contributed by atoms with Crippen LogP contribution >= 0.6 is 34.8 Å². The van der Waals surface area contributed by atoms with Crippen molar-refractivity contribution in [2.75, 3.05) is 6.54 Å². The molecule has 1 aromatic rings. The van der Waals surface area contributed by atoms with Gasteiger partial charge < -0.3 is 11.5 Å². The van der Waals surface area contributed by atoms with Crippen molar-refractivity contribution in [2.45, 2.75) is 12.5 Å². The van der Waals surface area contributed by atoms with Gasteiger partial charge in [0.25, 0.3) is 0 Å². The van der Waals surface area contributed by atoms with Gasteiger partial charge in [0.2, 0.25) is 0 Å². The van der Waals surface area contributed by atoms with Crippen LogP contribution < -0.4 is 11.5 Å². The summed E-state index contributed by atoms with van der Waals surface area (Å²) in [5.74, 6) is 0. The van der Waals surface area contributed by atoms with E-state index in [1.165, 1.54) is 0 Å². The third-order valence-corrected chi connectivity index (χ3v) is 3.08. The van der Waals surface area contributed by atoms with Crippen molar-refractivity contribution in [3.8, 4) is 0 Å². The molecule has 0 aliphatic heterocycles. The minimum atomic E-state index is -0.265. The molecule has 0 amide bonds. The molecule has 0 aliphatic rings. The van der Waals surface area contributed by atoms with Gasteiger partial charge in [-0.1, -0.05) is 34.8 Å². The second kappa shape index (κ2) is 5.19. The van der Waals surface area contributed by atoms with E-state index < -0.39 is 0 Å². The van der Waals surface area contributed by atoms with Crippen molar-refractivity contribution < 1.29 is 0 Å². The predicted octanol–water partition coefficient (Wildman–Crippen LogP) is 3.00. The Kier molecular flexibility index (Phi) is 4.48. The molecule has 14 heavy (non-hydrogen) atoms. The van der Waals surface area contributed by atoms with Crippen LogP contribution in [0.25, 0.3) is 0 Å². The van der Waals surface area contributed by atoms with E-state index in [1.807, 2.05) is 0 Å². The van der Waals surface area contributed by atoms with Crippen LogP contribution in [-0.4, -0.2) is 6.54 Å². The first kappa shape index (κ1) is 12.1. The summed E-state index contributed by atoms with van der Waals surface area (Å²) in [6.45, 7) is 0.486. The van der Waals surface area contributed by atoms with Crippen molar-refractivity contribution in [1.82, 2.24) is 0 Å². The third-order valence-electron chi connectivity index (χ3n) is 1.93. The third kappa shape index (κ3) is 2.53. The average molecular weight is 254 g/mol. The van der Waals surface area contributed by atoms with Crippen LogP contribution in [-0.2, 0) is 0 Å². The first-order valence-electron chi connectivity index (χ1n) is 4.17. The Bertz CT molecular complexity index is 328. The second-order valence-corrected chi connectivity index (χ2v) is 4.13. The molecule has 1 atom stereocenters. The highest BCUT2D eigenvalue weighted by molar-refractivity contribution is 6.44. The summed E-state index contributed by atoms with van der Waals surface area (Å²) in [4.78, 5) is 0. The van der Waals surface area contributed by atoms with Crippen molar-refractivity contribution in [2.24, 2.45) is 11.5 Å². The van der Waals surface area contributed by atoms with Gasteiger partial charge in [-0.25, -0.2) is 0 Å². The largest absolute Gasteiger partial charge is 0.330 e. The van der Waals surface area contributed by atoms with Crippen LogP contribution in [0.5, 0.6) is 0 Å². The van der Waals surface area contributed by atoms with Crippen molar-refractivity contribution in [3.05, 3.63) is 32.8 Å². The van der Waals surface area contributed by atoms with Crippen LogP contribution in [0.15, 0.2) is 12.1 Å². The zero-order valence-corrected chi connectivity index (χ0v) is 9.70. The molecule has 4 N–H and O–H groups in total. The Balaban J connectivity index is 3.11. The zero-order valence-electron chi connectivity index (χ0n) is 7.43. The number of halogens is 3. The van der Waals surface area contributed by atoms with E-state index in [9.17, 15) is 0 Å². The molecular weight excluding hydrogens is 242 g/mol. The second-order valence-electron chi connectivity index (χ2n) is 2.94. The molecule has 1 rings (SSSR count). The Morgan fingerprint density at radius 1 is 1.14 bits per heavy atom. The summed E-state index contributed by atoms with van der Waals surface area (Å²) in [6.07, 6.45) is 0.625. The van der Waals surface area contributed by atoms with Gasteiger partial charge in [-0.15, -0.1) is 0 Å². The molecule has 0 spiro atoms. The SMILES string of the molecule is NCC[C@@H](N)c1c(Cl)ccc(Cl)c1Cl. The van der Waals surface area contributed by atoms with E-state index in [1.54, 1.807) is 12.1 Å². The summed E-state index contributed by atoms with van der Waals surface area (Å²) in [5.41, 5.74) is 11.9. The summed E-state index contributed by atoms with van der Waals surface area (Å²) >= 11 is 17.8. The monoisotopic (exact) mass is 252 g/mol. The van der Waals surface area contributed by atoms with E-state index in [4.69, 9.17) is 46.3 Å². The van der Waals surface area contributed by atoms with E-state index in [-0.39, 0.29) is 6.04 Å². The van der Waals surface area contributed by atoms with Gasteiger partial charge in [-0.3, -0.25) is 0 Å². The fourth-order valence-electron chi connectivity index (χ4n) is 1.21. The van der Waals surface area contributed by atoms with Crippen molar-refractivity contribution in [1.29, 1.82) is 0 Å². The number of hydrogen-bond donors (Lipinski definition) is 2. The molecule has 1 aromatic carbocycles. The van der Waals surface area contributed by atoms with Crippen LogP contribution in [0.1, 0.15) is 18.0 Å². The summed E-state index contributed by atoms with van der Waals surface area (Å²) in [5, 5.41) is 1.40. The number of rotatable bonds is 3. The van der Waals surface area contributed by atoms with Gasteiger partial charge in [-0.2, -0.15) is 0 Å². The fourth-order valence-corrected chi connectivity index (χ4v) is 2.02. The van der Waals surface area contributed by atoms with Crippen molar-refractivity contribution in [3.63, 3.8) is 0 Å². The van der Waals surface area contributed by atoms with Crippen LogP contribution in [0, 0.1) is 0 Å². The molecule has 5 heteroatoms. The molecular formula is C9H11Cl3N2. The highest BCUT2D eigenvalue weighted by Crippen LogP contribution is 2.35. The van der Waals surface area contributed by atoms with Gasteiger partial charge in [0.1, 0.15) is 0 Å². The zero-order chi connectivity index (χ0) is 10.7. The quantitative estimate of drug-likeness (QED) is 0.814. The van der Waals surface area contributed by atoms with Crippen LogP contribution in [0.4, 0.5) is 0 Å². The smallest absolute Gasteiger partial charge is 0.0654 e. The fraction of sp³-hybridized carbons (Fsp3) is 0.333. The Morgan fingerprint density at radius 2 is 1.71 bits per heavy atom. The normalized spacial score (nSPS) is 12.9. The molecule has 2 nitrogen and oxygen atoms in total.